The summed E-state index contributed by atoms with van der Waals surface area (Å²) in [5.74, 6) is -0.0255. The second-order valence-electron chi connectivity index (χ2n) is 8.64. The van der Waals surface area contributed by atoms with Crippen molar-refractivity contribution in [1.82, 2.24) is 0 Å². The van der Waals surface area contributed by atoms with Gasteiger partial charge in [-0.2, -0.15) is 0 Å². The summed E-state index contributed by atoms with van der Waals surface area (Å²) in [6.45, 7) is 9.10. The second-order valence-corrected chi connectivity index (χ2v) is 8.64. The lowest BCUT2D eigenvalue weighted by molar-refractivity contribution is 0.349. The molecule has 1 unspecified atom stereocenters. The first-order valence-corrected chi connectivity index (χ1v) is 8.34. The Balaban J connectivity index is 2.05. The van der Waals surface area contributed by atoms with Gasteiger partial charge in [0.1, 0.15) is 0 Å². The second kappa shape index (κ2) is 4.11. The van der Waals surface area contributed by atoms with E-state index in [1.165, 1.54) is 22.3 Å². The van der Waals surface area contributed by atoms with Gasteiger partial charge in [-0.25, -0.2) is 0 Å². The molecule has 0 aliphatic heterocycles. The third kappa shape index (κ3) is 1.75. The van der Waals surface area contributed by atoms with Crippen LogP contribution >= 0.6 is 0 Å². The van der Waals surface area contributed by atoms with Crippen molar-refractivity contribution in [2.45, 2.75) is 56.8 Å². The van der Waals surface area contributed by atoms with E-state index < -0.39 is 0 Å². The van der Waals surface area contributed by atoms with Crippen LogP contribution < -0.4 is 0 Å². The topological polar surface area (TPSA) is 40.5 Å². The Bertz CT molecular complexity index is 817. The molecule has 2 aromatic carbocycles. The van der Waals surface area contributed by atoms with Crippen molar-refractivity contribution < 1.29 is 10.2 Å². The molecule has 2 aromatic rings. The van der Waals surface area contributed by atoms with Crippen molar-refractivity contribution in [2.75, 3.05) is 0 Å². The van der Waals surface area contributed by atoms with Crippen molar-refractivity contribution in [2.24, 2.45) is 0 Å². The summed E-state index contributed by atoms with van der Waals surface area (Å²) in [4.78, 5) is 0. The number of hydrogen-bond donors (Lipinski definition) is 2. The first kappa shape index (κ1) is 14.6. The van der Waals surface area contributed by atoms with E-state index in [2.05, 4.69) is 52.0 Å². The molecule has 23 heavy (non-hydrogen) atoms. The first-order chi connectivity index (χ1) is 10.7. The molecule has 0 bridgehead atoms. The van der Waals surface area contributed by atoms with Crippen LogP contribution in [0.2, 0.25) is 0 Å². The molecular weight excluding hydrogens is 284 g/mol. The maximum Gasteiger partial charge on any atom is 0.157 e. The lowest BCUT2D eigenvalue weighted by Crippen LogP contribution is -2.26. The average molecular weight is 308 g/mol. The molecule has 1 spiro atoms. The minimum atomic E-state index is -0.0654. The molecule has 0 fully saturated rings. The highest BCUT2D eigenvalue weighted by molar-refractivity contribution is 5.62. The van der Waals surface area contributed by atoms with Crippen LogP contribution in [0.5, 0.6) is 11.5 Å². The third-order valence-corrected chi connectivity index (χ3v) is 6.02. The largest absolute Gasteiger partial charge is 0.504 e. The summed E-state index contributed by atoms with van der Waals surface area (Å²) in [7, 11) is 0. The minimum Gasteiger partial charge on any atom is -0.504 e. The van der Waals surface area contributed by atoms with Crippen LogP contribution in [-0.2, 0) is 16.2 Å². The van der Waals surface area contributed by atoms with Gasteiger partial charge in [-0.05, 0) is 58.1 Å². The zero-order valence-electron chi connectivity index (χ0n) is 14.3. The van der Waals surface area contributed by atoms with E-state index in [1.54, 1.807) is 12.1 Å². The average Bonchev–Trinajstić information content (AvgIpc) is 2.81. The van der Waals surface area contributed by atoms with Gasteiger partial charge in [0.05, 0.1) is 0 Å². The van der Waals surface area contributed by atoms with Crippen LogP contribution in [0.1, 0.15) is 62.8 Å². The van der Waals surface area contributed by atoms with Crippen molar-refractivity contribution in [3.8, 4) is 11.5 Å². The molecule has 0 aromatic heterocycles. The van der Waals surface area contributed by atoms with Crippen LogP contribution in [0, 0.1) is 0 Å². The van der Waals surface area contributed by atoms with Gasteiger partial charge < -0.3 is 10.2 Å². The molecule has 0 saturated heterocycles. The summed E-state index contributed by atoms with van der Waals surface area (Å²) in [6.07, 6.45) is 2.05. The number of fused-ring (bicyclic) bond motifs is 4. The van der Waals surface area contributed by atoms with Gasteiger partial charge in [0, 0.05) is 5.41 Å². The number of benzene rings is 2. The van der Waals surface area contributed by atoms with Crippen LogP contribution in [0.4, 0.5) is 0 Å². The van der Waals surface area contributed by atoms with E-state index in [9.17, 15) is 10.2 Å². The molecule has 2 N–H and O–H groups in total. The van der Waals surface area contributed by atoms with Crippen LogP contribution in [0.25, 0.3) is 0 Å². The Kier molecular flexibility index (Phi) is 2.61. The predicted molar refractivity (Wildman–Crippen MR) is 92.3 cm³/mol. The third-order valence-electron chi connectivity index (χ3n) is 6.02. The Morgan fingerprint density at radius 1 is 0.696 bits per heavy atom. The van der Waals surface area contributed by atoms with Gasteiger partial charge in [-0.15, -0.1) is 0 Å². The molecular formula is C21H24O2. The van der Waals surface area contributed by atoms with Gasteiger partial charge in [0.25, 0.3) is 0 Å². The molecule has 0 amide bonds. The van der Waals surface area contributed by atoms with Crippen molar-refractivity contribution >= 4 is 0 Å². The van der Waals surface area contributed by atoms with Gasteiger partial charge in [-0.3, -0.25) is 0 Å². The quantitative estimate of drug-likeness (QED) is 0.690. The first-order valence-electron chi connectivity index (χ1n) is 8.34. The molecule has 0 saturated carbocycles. The van der Waals surface area contributed by atoms with Crippen LogP contribution in [0.15, 0.2) is 36.4 Å². The summed E-state index contributed by atoms with van der Waals surface area (Å²) >= 11 is 0. The normalized spacial score (nSPS) is 26.3. The Morgan fingerprint density at radius 3 is 1.78 bits per heavy atom. The molecule has 0 heterocycles. The highest BCUT2D eigenvalue weighted by Crippen LogP contribution is 2.63. The summed E-state index contributed by atoms with van der Waals surface area (Å²) in [5, 5.41) is 20.1. The number of phenols is 2. The number of hydrogen-bond acceptors (Lipinski definition) is 2. The van der Waals surface area contributed by atoms with E-state index in [4.69, 9.17) is 0 Å². The molecule has 2 heteroatoms. The fraction of sp³-hybridized carbons (Fsp3) is 0.429. The van der Waals surface area contributed by atoms with Crippen molar-refractivity contribution in [3.63, 3.8) is 0 Å². The van der Waals surface area contributed by atoms with Gasteiger partial charge in [0.2, 0.25) is 0 Å². The van der Waals surface area contributed by atoms with Gasteiger partial charge in [-0.1, -0.05) is 52.0 Å². The molecule has 0 radical (unpaired) electrons. The van der Waals surface area contributed by atoms with Crippen LogP contribution in [-0.4, -0.2) is 10.2 Å². The molecule has 2 aliphatic rings. The highest BCUT2D eigenvalue weighted by atomic mass is 16.3. The minimum absolute atomic E-state index is 0.0111. The predicted octanol–water partition coefficient (Wildman–Crippen LogP) is 4.75. The highest BCUT2D eigenvalue weighted by Gasteiger charge is 2.56. The van der Waals surface area contributed by atoms with Gasteiger partial charge >= 0.3 is 0 Å². The maximum atomic E-state index is 10.1. The molecule has 120 valence electrons. The standard InChI is InChI=1S/C21H24O2/c1-19(2)11-21(14-8-6-5-7-13(14)19)12-20(3,4)15-9-17(22)18(23)10-16(15)21/h5-10,22-23H,11-12H2,1-4H3. The zero-order valence-corrected chi connectivity index (χ0v) is 14.3. The van der Waals surface area contributed by atoms with Crippen molar-refractivity contribution in [3.05, 3.63) is 58.7 Å². The molecule has 4 rings (SSSR count). The van der Waals surface area contributed by atoms with E-state index in [0.717, 1.165) is 12.8 Å². The molecule has 1 atom stereocenters. The van der Waals surface area contributed by atoms with E-state index >= 15 is 0 Å². The lowest BCUT2D eigenvalue weighted by Gasteiger charge is -2.30. The summed E-state index contributed by atoms with van der Waals surface area (Å²) < 4.78 is 0. The van der Waals surface area contributed by atoms with Crippen LogP contribution in [0.3, 0.4) is 0 Å². The van der Waals surface area contributed by atoms with Gasteiger partial charge in [0.15, 0.2) is 11.5 Å². The number of aromatic hydroxyl groups is 2. The van der Waals surface area contributed by atoms with E-state index in [-0.39, 0.29) is 27.7 Å². The lowest BCUT2D eigenvalue weighted by atomic mass is 9.72. The van der Waals surface area contributed by atoms with Crippen molar-refractivity contribution in [1.29, 1.82) is 0 Å². The van der Waals surface area contributed by atoms with E-state index in [1.807, 2.05) is 0 Å². The SMILES string of the molecule is CC1(C)CC2(CC(C)(C)c3cc(O)c(O)cc32)c2ccccc21. The Labute approximate surface area is 137 Å². The Hall–Kier alpha value is -1.96. The zero-order chi connectivity index (χ0) is 16.6. The Morgan fingerprint density at radius 2 is 1.17 bits per heavy atom. The smallest absolute Gasteiger partial charge is 0.157 e. The summed E-state index contributed by atoms with van der Waals surface area (Å²) in [5.41, 5.74) is 5.19. The fourth-order valence-electron chi connectivity index (χ4n) is 5.31. The maximum absolute atomic E-state index is 10.1. The monoisotopic (exact) mass is 308 g/mol. The fourth-order valence-corrected chi connectivity index (χ4v) is 5.31. The number of phenolic OH excluding ortho intramolecular Hbond substituents is 2. The molecule has 2 aliphatic carbocycles. The summed E-state index contributed by atoms with van der Waals surface area (Å²) in [6, 6.07) is 12.3. The number of rotatable bonds is 0. The van der Waals surface area contributed by atoms with E-state index in [0.29, 0.717) is 0 Å². The molecule has 2 nitrogen and oxygen atoms in total.